The van der Waals surface area contributed by atoms with Crippen LogP contribution >= 0.6 is 11.6 Å². The van der Waals surface area contributed by atoms with Crippen molar-refractivity contribution < 1.29 is 14.5 Å². The van der Waals surface area contributed by atoms with Crippen LogP contribution in [0.2, 0.25) is 5.02 Å². The summed E-state index contributed by atoms with van der Waals surface area (Å²) in [5.41, 5.74) is 0.0754. The van der Waals surface area contributed by atoms with E-state index in [1.54, 1.807) is 6.08 Å². The van der Waals surface area contributed by atoms with E-state index in [2.05, 4.69) is 17.2 Å². The molecule has 0 spiro atoms. The Hall–Kier alpha value is -2.49. The standard InChI is InChI=1S/C17H22ClN5O4/c1-2-5-19-16(24)11-21-6-8-22(9-7-21)12-17(25)20-13-3-4-14(18)15(10-13)23(26)27/h2-4,10H,1,5-9,11-12H2,(H,19,24)(H,20,25). The monoisotopic (exact) mass is 395 g/mol. The second-order valence-electron chi connectivity index (χ2n) is 6.12. The lowest BCUT2D eigenvalue weighted by molar-refractivity contribution is -0.384. The lowest BCUT2D eigenvalue weighted by atomic mass is 10.2. The van der Waals surface area contributed by atoms with Crippen LogP contribution in [0.5, 0.6) is 0 Å². The average molecular weight is 396 g/mol. The number of halogens is 1. The number of nitrogens with zero attached hydrogens (tertiary/aromatic N) is 3. The maximum absolute atomic E-state index is 12.2. The van der Waals surface area contributed by atoms with Crippen molar-refractivity contribution in [1.82, 2.24) is 15.1 Å². The first kappa shape index (κ1) is 20.8. The fraction of sp³-hybridized carbons (Fsp3) is 0.412. The van der Waals surface area contributed by atoms with Crippen LogP contribution in [0, 0.1) is 10.1 Å². The molecule has 1 aromatic carbocycles. The highest BCUT2D eigenvalue weighted by Crippen LogP contribution is 2.27. The Labute approximate surface area is 162 Å². The van der Waals surface area contributed by atoms with Crippen LogP contribution in [0.1, 0.15) is 0 Å². The molecule has 0 saturated carbocycles. The average Bonchev–Trinajstić information content (AvgIpc) is 2.63. The number of nitro benzene ring substituents is 1. The number of anilines is 1. The highest BCUT2D eigenvalue weighted by molar-refractivity contribution is 6.32. The number of nitro groups is 1. The molecule has 1 fully saturated rings. The first-order valence-corrected chi connectivity index (χ1v) is 8.83. The number of hydrogen-bond donors (Lipinski definition) is 2. The normalized spacial score (nSPS) is 15.1. The van der Waals surface area contributed by atoms with Gasteiger partial charge < -0.3 is 10.6 Å². The molecular formula is C17H22ClN5O4. The van der Waals surface area contributed by atoms with Crippen LogP contribution in [-0.4, -0.2) is 72.4 Å². The molecule has 0 aliphatic carbocycles. The van der Waals surface area contributed by atoms with Crippen molar-refractivity contribution >= 4 is 34.8 Å². The predicted octanol–water partition coefficient (Wildman–Crippen LogP) is 1.11. The molecule has 146 valence electrons. The maximum atomic E-state index is 12.2. The van der Waals surface area contributed by atoms with E-state index in [0.717, 1.165) is 0 Å². The summed E-state index contributed by atoms with van der Waals surface area (Å²) in [5, 5.41) is 16.3. The zero-order valence-corrected chi connectivity index (χ0v) is 15.6. The van der Waals surface area contributed by atoms with Gasteiger partial charge in [0.05, 0.1) is 18.0 Å². The summed E-state index contributed by atoms with van der Waals surface area (Å²) >= 11 is 5.76. The molecule has 0 radical (unpaired) electrons. The lowest BCUT2D eigenvalue weighted by Crippen LogP contribution is -2.51. The zero-order valence-electron chi connectivity index (χ0n) is 14.8. The van der Waals surface area contributed by atoms with Gasteiger partial charge in [-0.25, -0.2) is 0 Å². The summed E-state index contributed by atoms with van der Waals surface area (Å²) in [6.45, 7) is 7.17. The SMILES string of the molecule is C=CCNC(=O)CN1CCN(CC(=O)Nc2ccc(Cl)c([N+](=O)[O-])c2)CC1. The van der Waals surface area contributed by atoms with Crippen LogP contribution in [0.25, 0.3) is 0 Å². The maximum Gasteiger partial charge on any atom is 0.289 e. The molecule has 0 bridgehead atoms. The number of amides is 2. The molecule has 0 aromatic heterocycles. The van der Waals surface area contributed by atoms with Gasteiger partial charge in [0.1, 0.15) is 5.02 Å². The number of rotatable bonds is 8. The van der Waals surface area contributed by atoms with Crippen LogP contribution in [0.15, 0.2) is 30.9 Å². The van der Waals surface area contributed by atoms with Crippen molar-refractivity contribution in [1.29, 1.82) is 0 Å². The molecule has 2 N–H and O–H groups in total. The number of carbonyl (C=O) groups is 2. The highest BCUT2D eigenvalue weighted by atomic mass is 35.5. The third-order valence-electron chi connectivity index (χ3n) is 4.07. The van der Waals surface area contributed by atoms with Crippen molar-refractivity contribution in [3.8, 4) is 0 Å². The Morgan fingerprint density at radius 1 is 1.19 bits per heavy atom. The van der Waals surface area contributed by atoms with Gasteiger partial charge >= 0.3 is 0 Å². The summed E-state index contributed by atoms with van der Waals surface area (Å²) < 4.78 is 0. The largest absolute Gasteiger partial charge is 0.352 e. The van der Waals surface area contributed by atoms with Crippen molar-refractivity contribution in [2.75, 3.05) is 51.1 Å². The van der Waals surface area contributed by atoms with Gasteiger partial charge in [-0.05, 0) is 12.1 Å². The van der Waals surface area contributed by atoms with Crippen LogP contribution < -0.4 is 10.6 Å². The molecule has 2 rings (SSSR count). The van der Waals surface area contributed by atoms with E-state index in [4.69, 9.17) is 11.6 Å². The molecule has 1 aromatic rings. The summed E-state index contributed by atoms with van der Waals surface area (Å²) in [5.74, 6) is -0.311. The van der Waals surface area contributed by atoms with Gasteiger partial charge in [0.2, 0.25) is 11.8 Å². The van der Waals surface area contributed by atoms with Crippen LogP contribution in [0.3, 0.4) is 0 Å². The molecule has 0 atom stereocenters. The van der Waals surface area contributed by atoms with Gasteiger partial charge in [-0.3, -0.25) is 29.5 Å². The molecule has 1 aliphatic rings. The minimum atomic E-state index is -0.595. The second-order valence-corrected chi connectivity index (χ2v) is 6.52. The summed E-state index contributed by atoms with van der Waals surface area (Å²) in [4.78, 5) is 38.2. The summed E-state index contributed by atoms with van der Waals surface area (Å²) in [7, 11) is 0. The lowest BCUT2D eigenvalue weighted by Gasteiger charge is -2.33. The molecular weight excluding hydrogens is 374 g/mol. The van der Waals surface area contributed by atoms with Gasteiger partial charge in [-0.1, -0.05) is 17.7 Å². The predicted molar refractivity (Wildman–Crippen MR) is 103 cm³/mol. The van der Waals surface area contributed by atoms with Crippen molar-refractivity contribution in [3.63, 3.8) is 0 Å². The zero-order chi connectivity index (χ0) is 19.8. The third-order valence-corrected chi connectivity index (χ3v) is 4.39. The first-order chi connectivity index (χ1) is 12.9. The summed E-state index contributed by atoms with van der Waals surface area (Å²) in [6, 6.07) is 4.14. The second kappa shape index (κ2) is 10.0. The molecule has 0 unspecified atom stereocenters. The van der Waals surface area contributed by atoms with E-state index in [9.17, 15) is 19.7 Å². The number of hydrogen-bond acceptors (Lipinski definition) is 6. The number of carbonyl (C=O) groups excluding carboxylic acids is 2. The van der Waals surface area contributed by atoms with Gasteiger partial charge in [-0.15, -0.1) is 6.58 Å². The van der Waals surface area contributed by atoms with Crippen LogP contribution in [0.4, 0.5) is 11.4 Å². The minimum Gasteiger partial charge on any atom is -0.352 e. The molecule has 2 amide bonds. The Morgan fingerprint density at radius 3 is 2.33 bits per heavy atom. The topological polar surface area (TPSA) is 108 Å². The van der Waals surface area contributed by atoms with E-state index in [-0.39, 0.29) is 29.1 Å². The number of benzene rings is 1. The van der Waals surface area contributed by atoms with E-state index >= 15 is 0 Å². The molecule has 1 aliphatic heterocycles. The third kappa shape index (κ3) is 6.63. The van der Waals surface area contributed by atoms with Gasteiger partial charge in [0.25, 0.3) is 5.69 Å². The molecule has 1 heterocycles. The number of nitrogens with one attached hydrogen (secondary N) is 2. The first-order valence-electron chi connectivity index (χ1n) is 8.45. The van der Waals surface area contributed by atoms with Crippen molar-refractivity contribution in [3.05, 3.63) is 46.0 Å². The molecule has 1 saturated heterocycles. The van der Waals surface area contributed by atoms with Gasteiger partial charge in [0.15, 0.2) is 0 Å². The van der Waals surface area contributed by atoms with Crippen molar-refractivity contribution in [2.24, 2.45) is 0 Å². The van der Waals surface area contributed by atoms with Gasteiger partial charge in [0, 0.05) is 44.5 Å². The smallest absolute Gasteiger partial charge is 0.289 e. The fourth-order valence-corrected chi connectivity index (χ4v) is 2.87. The Balaban J connectivity index is 1.78. The molecule has 9 nitrogen and oxygen atoms in total. The summed E-state index contributed by atoms with van der Waals surface area (Å²) in [6.07, 6.45) is 1.63. The Bertz CT molecular complexity index is 719. The molecule has 10 heteroatoms. The Morgan fingerprint density at radius 2 is 1.78 bits per heavy atom. The highest BCUT2D eigenvalue weighted by Gasteiger charge is 2.21. The van der Waals surface area contributed by atoms with Crippen LogP contribution in [-0.2, 0) is 9.59 Å². The Kier molecular flexibility index (Phi) is 7.71. The van der Waals surface area contributed by atoms with E-state index in [1.165, 1.54) is 18.2 Å². The van der Waals surface area contributed by atoms with E-state index < -0.39 is 4.92 Å². The molecule has 27 heavy (non-hydrogen) atoms. The van der Waals surface area contributed by atoms with Crippen molar-refractivity contribution in [2.45, 2.75) is 0 Å². The fourth-order valence-electron chi connectivity index (χ4n) is 2.68. The minimum absolute atomic E-state index is 0.0197. The van der Waals surface area contributed by atoms with E-state index in [0.29, 0.717) is 45.0 Å². The van der Waals surface area contributed by atoms with E-state index in [1.807, 2.05) is 9.80 Å². The van der Waals surface area contributed by atoms with Gasteiger partial charge in [-0.2, -0.15) is 0 Å². The number of piperazine rings is 1. The quantitative estimate of drug-likeness (QED) is 0.388.